The Morgan fingerprint density at radius 2 is 2.06 bits per heavy atom. The van der Waals surface area contributed by atoms with Crippen molar-refractivity contribution < 1.29 is 0 Å². The van der Waals surface area contributed by atoms with E-state index < -0.39 is 0 Å². The summed E-state index contributed by atoms with van der Waals surface area (Å²) in [5, 5.41) is 3.63. The molecule has 3 atom stereocenters. The van der Waals surface area contributed by atoms with Crippen LogP contribution in [-0.4, -0.2) is 11.0 Å². The average molecular weight is 218 g/mol. The van der Waals surface area contributed by atoms with Gasteiger partial charge in [-0.15, -0.1) is 0 Å². The highest BCUT2D eigenvalue weighted by atomic mass is 14.9. The molecule has 1 fully saturated rings. The van der Waals surface area contributed by atoms with Crippen LogP contribution in [0.5, 0.6) is 0 Å². The number of nitrogens with one attached hydrogen (secondary N) is 1. The molecule has 1 heterocycles. The third-order valence-electron chi connectivity index (χ3n) is 3.97. The van der Waals surface area contributed by atoms with Crippen molar-refractivity contribution in [2.24, 2.45) is 11.8 Å². The third kappa shape index (κ3) is 2.55. The fraction of sp³-hybridized carbons (Fsp3) is 0.643. The Morgan fingerprint density at radius 3 is 2.75 bits per heavy atom. The first kappa shape index (κ1) is 11.4. The second kappa shape index (κ2) is 4.86. The van der Waals surface area contributed by atoms with E-state index in [-0.39, 0.29) is 0 Å². The van der Waals surface area contributed by atoms with Gasteiger partial charge in [0.05, 0.1) is 11.9 Å². The summed E-state index contributed by atoms with van der Waals surface area (Å²) in [7, 11) is 0. The number of aromatic nitrogens is 1. The van der Waals surface area contributed by atoms with Crippen LogP contribution >= 0.6 is 0 Å². The molecule has 0 radical (unpaired) electrons. The zero-order valence-corrected chi connectivity index (χ0v) is 10.5. The Labute approximate surface area is 98.5 Å². The highest BCUT2D eigenvalue weighted by molar-refractivity contribution is 5.42. The molecule has 2 heteroatoms. The zero-order chi connectivity index (χ0) is 11.5. The van der Waals surface area contributed by atoms with Gasteiger partial charge in [0.25, 0.3) is 0 Å². The molecule has 0 amide bonds. The van der Waals surface area contributed by atoms with E-state index in [4.69, 9.17) is 0 Å². The fourth-order valence-electron chi connectivity index (χ4n) is 2.55. The molecule has 0 aromatic carbocycles. The van der Waals surface area contributed by atoms with Gasteiger partial charge in [-0.1, -0.05) is 26.7 Å². The molecule has 2 rings (SSSR count). The Bertz CT molecular complexity index is 331. The molecule has 1 aromatic heterocycles. The van der Waals surface area contributed by atoms with E-state index in [1.54, 1.807) is 0 Å². The zero-order valence-electron chi connectivity index (χ0n) is 10.5. The summed E-state index contributed by atoms with van der Waals surface area (Å²) in [4.78, 5) is 4.33. The molecular weight excluding hydrogens is 196 g/mol. The average Bonchev–Trinajstić information content (AvgIpc) is 2.28. The first-order chi connectivity index (χ1) is 7.66. The maximum Gasteiger partial charge on any atom is 0.0529 e. The largest absolute Gasteiger partial charge is 0.381 e. The van der Waals surface area contributed by atoms with E-state index in [2.05, 4.69) is 36.3 Å². The summed E-state index contributed by atoms with van der Waals surface area (Å²) >= 11 is 0. The first-order valence-electron chi connectivity index (χ1n) is 6.36. The molecule has 1 aromatic rings. The number of anilines is 1. The Balaban J connectivity index is 2.00. The number of aryl methyl sites for hydroxylation is 1. The summed E-state index contributed by atoms with van der Waals surface area (Å²) in [5.74, 6) is 1.60. The lowest BCUT2D eigenvalue weighted by Crippen LogP contribution is -2.35. The van der Waals surface area contributed by atoms with Crippen LogP contribution in [0.25, 0.3) is 0 Å². The molecular formula is C14H22N2. The van der Waals surface area contributed by atoms with E-state index in [1.165, 1.54) is 19.3 Å². The Hall–Kier alpha value is -1.05. The number of nitrogens with zero attached hydrogens (tertiary/aromatic N) is 1. The minimum absolute atomic E-state index is 0.619. The lowest BCUT2D eigenvalue weighted by Gasteiger charge is -2.35. The smallest absolute Gasteiger partial charge is 0.0529 e. The molecule has 1 aliphatic rings. The highest BCUT2D eigenvalue weighted by Gasteiger charge is 2.26. The molecule has 0 saturated heterocycles. The monoisotopic (exact) mass is 218 g/mol. The topological polar surface area (TPSA) is 24.9 Å². The van der Waals surface area contributed by atoms with Crippen LogP contribution in [-0.2, 0) is 0 Å². The van der Waals surface area contributed by atoms with Crippen molar-refractivity contribution in [3.8, 4) is 0 Å². The Morgan fingerprint density at radius 1 is 1.25 bits per heavy atom. The van der Waals surface area contributed by atoms with Gasteiger partial charge in [-0.3, -0.25) is 4.98 Å². The van der Waals surface area contributed by atoms with E-state index in [0.29, 0.717) is 6.04 Å². The Kier molecular flexibility index (Phi) is 3.47. The van der Waals surface area contributed by atoms with Gasteiger partial charge in [0.2, 0.25) is 0 Å². The minimum atomic E-state index is 0.619. The molecule has 88 valence electrons. The number of hydrogen-bond acceptors (Lipinski definition) is 2. The summed E-state index contributed by atoms with van der Waals surface area (Å²) in [6.07, 6.45) is 5.97. The van der Waals surface area contributed by atoms with Crippen molar-refractivity contribution in [3.05, 3.63) is 24.0 Å². The van der Waals surface area contributed by atoms with Crippen LogP contribution in [0.1, 0.15) is 38.8 Å². The van der Waals surface area contributed by atoms with Crippen LogP contribution in [0.3, 0.4) is 0 Å². The number of rotatable bonds is 2. The van der Waals surface area contributed by atoms with Gasteiger partial charge in [0, 0.05) is 11.7 Å². The van der Waals surface area contributed by atoms with Gasteiger partial charge >= 0.3 is 0 Å². The molecule has 1 aliphatic carbocycles. The maximum atomic E-state index is 4.33. The summed E-state index contributed by atoms with van der Waals surface area (Å²) < 4.78 is 0. The van der Waals surface area contributed by atoms with Crippen molar-refractivity contribution in [3.63, 3.8) is 0 Å². The summed E-state index contributed by atoms with van der Waals surface area (Å²) in [6, 6.07) is 4.82. The minimum Gasteiger partial charge on any atom is -0.381 e. The lowest BCUT2D eigenvalue weighted by molar-refractivity contribution is 0.253. The number of hydrogen-bond donors (Lipinski definition) is 1. The lowest BCUT2D eigenvalue weighted by atomic mass is 9.78. The first-order valence-corrected chi connectivity index (χ1v) is 6.36. The summed E-state index contributed by atoms with van der Waals surface area (Å²) in [6.45, 7) is 6.75. The van der Waals surface area contributed by atoms with E-state index >= 15 is 0 Å². The normalized spacial score (nSPS) is 30.1. The molecule has 16 heavy (non-hydrogen) atoms. The molecule has 3 unspecified atom stereocenters. The van der Waals surface area contributed by atoms with Gasteiger partial charge in [-0.05, 0) is 37.3 Å². The molecule has 0 bridgehead atoms. The quantitative estimate of drug-likeness (QED) is 0.820. The molecule has 2 nitrogen and oxygen atoms in total. The van der Waals surface area contributed by atoms with E-state index in [1.807, 2.05) is 13.1 Å². The standard InChI is InChI=1S/C14H22N2/c1-10-5-4-6-14(12(10)3)16-13-8-7-11(2)15-9-13/h7-10,12,14,16H,4-6H2,1-3H3. The van der Waals surface area contributed by atoms with Crippen molar-refractivity contribution in [1.82, 2.24) is 4.98 Å². The molecule has 1 saturated carbocycles. The second-order valence-corrected chi connectivity index (χ2v) is 5.21. The van der Waals surface area contributed by atoms with Crippen molar-refractivity contribution in [2.75, 3.05) is 5.32 Å². The molecule has 0 spiro atoms. The summed E-state index contributed by atoms with van der Waals surface area (Å²) in [5.41, 5.74) is 2.24. The van der Waals surface area contributed by atoms with E-state index in [0.717, 1.165) is 23.2 Å². The second-order valence-electron chi connectivity index (χ2n) is 5.21. The predicted octanol–water partition coefficient (Wildman–Crippen LogP) is 3.63. The molecule has 0 aliphatic heterocycles. The van der Waals surface area contributed by atoms with Gasteiger partial charge < -0.3 is 5.32 Å². The fourth-order valence-corrected chi connectivity index (χ4v) is 2.55. The third-order valence-corrected chi connectivity index (χ3v) is 3.97. The van der Waals surface area contributed by atoms with Crippen molar-refractivity contribution in [1.29, 1.82) is 0 Å². The van der Waals surface area contributed by atoms with Crippen LogP contribution in [0.4, 0.5) is 5.69 Å². The van der Waals surface area contributed by atoms with Gasteiger partial charge in [-0.25, -0.2) is 0 Å². The molecule has 1 N–H and O–H groups in total. The van der Waals surface area contributed by atoms with Crippen molar-refractivity contribution >= 4 is 5.69 Å². The number of pyridine rings is 1. The highest BCUT2D eigenvalue weighted by Crippen LogP contribution is 2.31. The van der Waals surface area contributed by atoms with Gasteiger partial charge in [-0.2, -0.15) is 0 Å². The van der Waals surface area contributed by atoms with Gasteiger partial charge in [0.1, 0.15) is 0 Å². The van der Waals surface area contributed by atoms with Crippen molar-refractivity contribution in [2.45, 2.75) is 46.1 Å². The van der Waals surface area contributed by atoms with E-state index in [9.17, 15) is 0 Å². The van der Waals surface area contributed by atoms with Crippen LogP contribution in [0.2, 0.25) is 0 Å². The van der Waals surface area contributed by atoms with Gasteiger partial charge in [0.15, 0.2) is 0 Å². The van der Waals surface area contributed by atoms with Crippen LogP contribution in [0.15, 0.2) is 18.3 Å². The maximum absolute atomic E-state index is 4.33. The predicted molar refractivity (Wildman–Crippen MR) is 68.6 cm³/mol. The SMILES string of the molecule is Cc1ccc(NC2CCCC(C)C2C)cn1. The van der Waals surface area contributed by atoms with Crippen LogP contribution < -0.4 is 5.32 Å². The van der Waals surface area contributed by atoms with Crippen LogP contribution in [0, 0.1) is 18.8 Å².